The molecule has 0 aromatic heterocycles. The lowest BCUT2D eigenvalue weighted by Gasteiger charge is -2.33. The molecule has 1 atom stereocenters. The summed E-state index contributed by atoms with van der Waals surface area (Å²) >= 11 is 0. The van der Waals surface area contributed by atoms with Gasteiger partial charge in [-0.15, -0.1) is 0 Å². The van der Waals surface area contributed by atoms with Crippen LogP contribution in [0.5, 0.6) is 11.5 Å². The minimum atomic E-state index is -0.520. The first kappa shape index (κ1) is 14.2. The molecule has 2 aliphatic rings. The van der Waals surface area contributed by atoms with E-state index in [1.807, 2.05) is 36.2 Å². The molecule has 0 N–H and O–H groups in total. The SMILES string of the molecule is CN(C(=O)C1COc2ccccc2O1)C1CCCCCC1. The highest BCUT2D eigenvalue weighted by molar-refractivity contribution is 5.82. The Bertz CT molecular complexity index is 495. The second kappa shape index (κ2) is 6.37. The Kier molecular flexibility index (Phi) is 4.32. The van der Waals surface area contributed by atoms with Gasteiger partial charge in [0.1, 0.15) is 6.61 Å². The average Bonchev–Trinajstić information content (AvgIpc) is 2.82. The maximum Gasteiger partial charge on any atom is 0.267 e. The van der Waals surface area contributed by atoms with E-state index >= 15 is 0 Å². The van der Waals surface area contributed by atoms with Crippen molar-refractivity contribution in [3.8, 4) is 11.5 Å². The second-order valence-corrected chi connectivity index (χ2v) is 5.96. The van der Waals surface area contributed by atoms with E-state index in [0.717, 1.165) is 18.6 Å². The molecule has 3 rings (SSSR count). The lowest BCUT2D eigenvalue weighted by molar-refractivity contribution is -0.142. The number of amides is 1. The summed E-state index contributed by atoms with van der Waals surface area (Å²) in [5, 5.41) is 0. The zero-order valence-corrected chi connectivity index (χ0v) is 12.6. The van der Waals surface area contributed by atoms with Gasteiger partial charge in [-0.05, 0) is 25.0 Å². The lowest BCUT2D eigenvalue weighted by Crippen LogP contribution is -2.48. The summed E-state index contributed by atoms with van der Waals surface area (Å²) in [6, 6.07) is 7.86. The van der Waals surface area contributed by atoms with Gasteiger partial charge >= 0.3 is 0 Å². The number of rotatable bonds is 2. The Balaban J connectivity index is 1.65. The molecule has 0 saturated heterocycles. The highest BCUT2D eigenvalue weighted by atomic mass is 16.6. The number of likely N-dealkylation sites (N-methyl/N-ethyl adjacent to an activating group) is 1. The fraction of sp³-hybridized carbons (Fsp3) is 0.588. The van der Waals surface area contributed by atoms with Gasteiger partial charge in [-0.25, -0.2) is 0 Å². The van der Waals surface area contributed by atoms with Crippen molar-refractivity contribution < 1.29 is 14.3 Å². The first-order valence-corrected chi connectivity index (χ1v) is 7.91. The number of carbonyl (C=O) groups excluding carboxylic acids is 1. The summed E-state index contributed by atoms with van der Waals surface area (Å²) < 4.78 is 11.5. The predicted octanol–water partition coefficient (Wildman–Crippen LogP) is 3.01. The number of nitrogens with zero attached hydrogens (tertiary/aromatic N) is 1. The topological polar surface area (TPSA) is 38.8 Å². The first-order chi connectivity index (χ1) is 10.3. The molecule has 4 heteroatoms. The van der Waals surface area contributed by atoms with E-state index in [4.69, 9.17) is 9.47 Å². The molecule has 1 aromatic carbocycles. The molecular formula is C17H23NO3. The van der Waals surface area contributed by atoms with E-state index in [2.05, 4.69) is 0 Å². The quantitative estimate of drug-likeness (QED) is 0.786. The van der Waals surface area contributed by atoms with Crippen molar-refractivity contribution in [3.63, 3.8) is 0 Å². The Morgan fingerprint density at radius 1 is 1.10 bits per heavy atom. The Labute approximate surface area is 126 Å². The van der Waals surface area contributed by atoms with Gasteiger partial charge in [0.25, 0.3) is 5.91 Å². The Hall–Kier alpha value is -1.71. The number of fused-ring (bicyclic) bond motifs is 1. The van der Waals surface area contributed by atoms with Crippen molar-refractivity contribution in [2.45, 2.75) is 50.7 Å². The molecule has 21 heavy (non-hydrogen) atoms. The summed E-state index contributed by atoms with van der Waals surface area (Å²) in [5.41, 5.74) is 0. The van der Waals surface area contributed by atoms with Crippen LogP contribution >= 0.6 is 0 Å². The smallest absolute Gasteiger partial charge is 0.267 e. The molecule has 0 radical (unpaired) electrons. The van der Waals surface area contributed by atoms with Crippen molar-refractivity contribution in [1.29, 1.82) is 0 Å². The molecule has 1 amide bonds. The van der Waals surface area contributed by atoms with Gasteiger partial charge in [0, 0.05) is 13.1 Å². The zero-order valence-electron chi connectivity index (χ0n) is 12.6. The third-order valence-corrected chi connectivity index (χ3v) is 4.50. The summed E-state index contributed by atoms with van der Waals surface area (Å²) in [7, 11) is 1.90. The number of hydrogen-bond donors (Lipinski definition) is 0. The summed E-state index contributed by atoms with van der Waals surface area (Å²) in [6.45, 7) is 0.299. The van der Waals surface area contributed by atoms with Gasteiger partial charge in [-0.2, -0.15) is 0 Å². The number of hydrogen-bond acceptors (Lipinski definition) is 3. The zero-order chi connectivity index (χ0) is 14.7. The van der Waals surface area contributed by atoms with Gasteiger partial charge in [0.15, 0.2) is 11.5 Å². The monoisotopic (exact) mass is 289 g/mol. The van der Waals surface area contributed by atoms with Gasteiger partial charge in [-0.3, -0.25) is 4.79 Å². The predicted molar refractivity (Wildman–Crippen MR) is 80.6 cm³/mol. The third-order valence-electron chi connectivity index (χ3n) is 4.50. The molecule has 1 aliphatic heterocycles. The maximum absolute atomic E-state index is 12.6. The molecule has 1 aliphatic carbocycles. The van der Waals surface area contributed by atoms with E-state index in [1.165, 1.54) is 25.7 Å². The van der Waals surface area contributed by atoms with Crippen LogP contribution in [0.3, 0.4) is 0 Å². The highest BCUT2D eigenvalue weighted by Gasteiger charge is 2.32. The normalized spacial score (nSPS) is 22.4. The van der Waals surface area contributed by atoms with Crippen molar-refractivity contribution in [1.82, 2.24) is 4.90 Å². The average molecular weight is 289 g/mol. The van der Waals surface area contributed by atoms with Crippen LogP contribution < -0.4 is 9.47 Å². The van der Waals surface area contributed by atoms with Crippen LogP contribution in [0.4, 0.5) is 0 Å². The van der Waals surface area contributed by atoms with E-state index in [-0.39, 0.29) is 5.91 Å². The van der Waals surface area contributed by atoms with Crippen molar-refractivity contribution in [2.75, 3.05) is 13.7 Å². The van der Waals surface area contributed by atoms with E-state index in [9.17, 15) is 4.79 Å². The molecule has 1 aromatic rings. The molecule has 114 valence electrons. The highest BCUT2D eigenvalue weighted by Crippen LogP contribution is 2.31. The molecule has 0 bridgehead atoms. The van der Waals surface area contributed by atoms with E-state index in [0.29, 0.717) is 18.4 Å². The fourth-order valence-electron chi connectivity index (χ4n) is 3.19. The maximum atomic E-state index is 12.6. The van der Waals surface area contributed by atoms with Crippen LogP contribution in [0.25, 0.3) is 0 Å². The summed E-state index contributed by atoms with van der Waals surface area (Å²) in [4.78, 5) is 14.5. The molecular weight excluding hydrogens is 266 g/mol. The number of ether oxygens (including phenoxy) is 2. The van der Waals surface area contributed by atoms with Gasteiger partial charge < -0.3 is 14.4 Å². The molecule has 1 heterocycles. The molecule has 4 nitrogen and oxygen atoms in total. The van der Waals surface area contributed by atoms with Crippen LogP contribution in [0.2, 0.25) is 0 Å². The van der Waals surface area contributed by atoms with E-state index < -0.39 is 6.10 Å². The van der Waals surface area contributed by atoms with Crippen LogP contribution in [-0.4, -0.2) is 36.6 Å². The van der Waals surface area contributed by atoms with Crippen LogP contribution in [-0.2, 0) is 4.79 Å². The van der Waals surface area contributed by atoms with E-state index in [1.54, 1.807) is 0 Å². The molecule has 0 spiro atoms. The third kappa shape index (κ3) is 3.14. The fourth-order valence-corrected chi connectivity index (χ4v) is 3.19. The van der Waals surface area contributed by atoms with Crippen LogP contribution in [0.1, 0.15) is 38.5 Å². The van der Waals surface area contributed by atoms with Gasteiger partial charge in [-0.1, -0.05) is 37.8 Å². The minimum absolute atomic E-state index is 0.0383. The minimum Gasteiger partial charge on any atom is -0.485 e. The lowest BCUT2D eigenvalue weighted by atomic mass is 10.1. The Morgan fingerprint density at radius 2 is 1.76 bits per heavy atom. The van der Waals surface area contributed by atoms with Crippen molar-refractivity contribution in [3.05, 3.63) is 24.3 Å². The van der Waals surface area contributed by atoms with Crippen molar-refractivity contribution in [2.24, 2.45) is 0 Å². The second-order valence-electron chi connectivity index (χ2n) is 5.96. The summed E-state index contributed by atoms with van der Waals surface area (Å²) in [6.07, 6.45) is 6.69. The summed E-state index contributed by atoms with van der Waals surface area (Å²) in [5.74, 6) is 1.42. The number of para-hydroxylation sites is 2. The largest absolute Gasteiger partial charge is 0.485 e. The Morgan fingerprint density at radius 3 is 2.48 bits per heavy atom. The van der Waals surface area contributed by atoms with Crippen LogP contribution in [0, 0.1) is 0 Å². The molecule has 1 fully saturated rings. The molecule has 1 unspecified atom stereocenters. The first-order valence-electron chi connectivity index (χ1n) is 7.91. The number of benzene rings is 1. The standard InChI is InChI=1S/C17H23NO3/c1-18(13-8-4-2-3-5-9-13)17(19)16-12-20-14-10-6-7-11-15(14)21-16/h6-7,10-11,13,16H,2-5,8-9,12H2,1H3. The van der Waals surface area contributed by atoms with Gasteiger partial charge in [0.2, 0.25) is 6.10 Å². The molecule has 1 saturated carbocycles. The van der Waals surface area contributed by atoms with Crippen LogP contribution in [0.15, 0.2) is 24.3 Å². The number of carbonyl (C=O) groups is 1. The van der Waals surface area contributed by atoms with Crippen molar-refractivity contribution >= 4 is 5.91 Å². The van der Waals surface area contributed by atoms with Gasteiger partial charge in [0.05, 0.1) is 0 Å².